The Hall–Kier alpha value is -2.37. The molecule has 0 saturated carbocycles. The van der Waals surface area contributed by atoms with Crippen LogP contribution in [0.4, 0.5) is 14.9 Å². The van der Waals surface area contributed by atoms with Crippen LogP contribution in [-0.2, 0) is 4.79 Å². The van der Waals surface area contributed by atoms with Crippen molar-refractivity contribution >= 4 is 23.8 Å². The predicted octanol–water partition coefficient (Wildman–Crippen LogP) is 2.94. The summed E-state index contributed by atoms with van der Waals surface area (Å²) in [5.41, 5.74) is 0.518. The van der Waals surface area contributed by atoms with E-state index in [0.29, 0.717) is 18.7 Å². The minimum Gasteiger partial charge on any atom is -0.478 e. The van der Waals surface area contributed by atoms with Crippen LogP contribution in [0.25, 0.3) is 6.08 Å². The number of hydrogen-bond donors (Lipinski definition) is 2. The molecular formula is C15H17FN2O3. The van der Waals surface area contributed by atoms with Gasteiger partial charge in [-0.05, 0) is 43.0 Å². The van der Waals surface area contributed by atoms with Crippen molar-refractivity contribution in [3.63, 3.8) is 0 Å². The summed E-state index contributed by atoms with van der Waals surface area (Å²) in [6.07, 6.45) is 5.27. The smallest absolute Gasteiger partial charge is 0.328 e. The number of carbonyl (C=O) groups excluding carboxylic acids is 1. The number of aliphatic carboxylic acids is 1. The average Bonchev–Trinajstić information content (AvgIpc) is 2.48. The zero-order valence-electron chi connectivity index (χ0n) is 11.5. The zero-order chi connectivity index (χ0) is 15.2. The van der Waals surface area contributed by atoms with E-state index >= 15 is 0 Å². The second kappa shape index (κ2) is 6.88. The van der Waals surface area contributed by atoms with Crippen LogP contribution in [0.15, 0.2) is 24.3 Å². The van der Waals surface area contributed by atoms with Crippen molar-refractivity contribution in [2.75, 3.05) is 18.4 Å². The molecule has 1 heterocycles. The summed E-state index contributed by atoms with van der Waals surface area (Å²) in [5, 5.41) is 11.1. The van der Waals surface area contributed by atoms with Crippen LogP contribution in [-0.4, -0.2) is 35.1 Å². The van der Waals surface area contributed by atoms with Crippen LogP contribution >= 0.6 is 0 Å². The Labute approximate surface area is 122 Å². The number of anilines is 1. The molecule has 0 aliphatic carbocycles. The van der Waals surface area contributed by atoms with Crippen molar-refractivity contribution in [3.8, 4) is 0 Å². The maximum atomic E-state index is 13.9. The minimum atomic E-state index is -1.10. The highest BCUT2D eigenvalue weighted by Gasteiger charge is 2.17. The molecule has 0 unspecified atom stereocenters. The van der Waals surface area contributed by atoms with Crippen LogP contribution in [0.5, 0.6) is 0 Å². The molecule has 5 nitrogen and oxygen atoms in total. The molecule has 1 aliphatic rings. The van der Waals surface area contributed by atoms with Crippen LogP contribution < -0.4 is 5.32 Å². The van der Waals surface area contributed by atoms with Crippen molar-refractivity contribution in [2.45, 2.75) is 19.3 Å². The summed E-state index contributed by atoms with van der Waals surface area (Å²) in [4.78, 5) is 24.0. The molecule has 0 spiro atoms. The number of hydrogen-bond acceptors (Lipinski definition) is 2. The zero-order valence-corrected chi connectivity index (χ0v) is 11.5. The van der Waals surface area contributed by atoms with E-state index in [1.807, 2.05) is 0 Å². The van der Waals surface area contributed by atoms with Crippen molar-refractivity contribution in [2.24, 2.45) is 0 Å². The lowest BCUT2D eigenvalue weighted by atomic mass is 10.1. The quantitative estimate of drug-likeness (QED) is 0.841. The van der Waals surface area contributed by atoms with E-state index in [4.69, 9.17) is 5.11 Å². The molecule has 2 amide bonds. The van der Waals surface area contributed by atoms with E-state index in [0.717, 1.165) is 25.3 Å². The van der Waals surface area contributed by atoms with E-state index in [1.165, 1.54) is 18.2 Å². The molecule has 0 atom stereocenters. The van der Waals surface area contributed by atoms with Gasteiger partial charge in [-0.1, -0.05) is 6.07 Å². The number of nitrogens with zero attached hydrogens (tertiary/aromatic N) is 1. The molecule has 0 bridgehead atoms. The second-order valence-electron chi connectivity index (χ2n) is 4.89. The van der Waals surface area contributed by atoms with E-state index in [9.17, 15) is 14.0 Å². The molecule has 0 radical (unpaired) electrons. The number of amides is 2. The molecule has 6 heteroatoms. The van der Waals surface area contributed by atoms with Crippen LogP contribution in [0.1, 0.15) is 24.8 Å². The van der Waals surface area contributed by atoms with E-state index < -0.39 is 11.8 Å². The topological polar surface area (TPSA) is 69.6 Å². The van der Waals surface area contributed by atoms with Crippen LogP contribution in [0.2, 0.25) is 0 Å². The SMILES string of the molecule is O=C(O)C=Cc1ccc(NC(=O)N2CCCCC2)c(F)c1. The fraction of sp³-hybridized carbons (Fsp3) is 0.333. The van der Waals surface area contributed by atoms with Gasteiger partial charge in [-0.25, -0.2) is 14.0 Å². The number of rotatable bonds is 3. The highest BCUT2D eigenvalue weighted by atomic mass is 19.1. The third kappa shape index (κ3) is 4.30. The fourth-order valence-corrected chi connectivity index (χ4v) is 2.20. The normalized spacial score (nSPS) is 15.2. The second-order valence-corrected chi connectivity index (χ2v) is 4.89. The lowest BCUT2D eigenvalue weighted by molar-refractivity contribution is -0.131. The number of halogens is 1. The lowest BCUT2D eigenvalue weighted by Gasteiger charge is -2.26. The fourth-order valence-electron chi connectivity index (χ4n) is 2.20. The summed E-state index contributed by atoms with van der Waals surface area (Å²) in [5.74, 6) is -1.69. The first-order valence-electron chi connectivity index (χ1n) is 6.83. The molecular weight excluding hydrogens is 275 g/mol. The maximum Gasteiger partial charge on any atom is 0.328 e. The Bertz CT molecular complexity index is 566. The summed E-state index contributed by atoms with van der Waals surface area (Å²) in [6.45, 7) is 1.37. The Balaban J connectivity index is 2.03. The Morgan fingerprint density at radius 3 is 2.57 bits per heavy atom. The molecule has 21 heavy (non-hydrogen) atoms. The number of nitrogens with one attached hydrogen (secondary N) is 1. The summed E-state index contributed by atoms with van der Waals surface area (Å²) in [7, 11) is 0. The molecule has 1 fully saturated rings. The standard InChI is InChI=1S/C15H17FN2O3/c16-12-10-11(5-7-14(19)20)4-6-13(12)17-15(21)18-8-2-1-3-9-18/h4-7,10H,1-3,8-9H2,(H,17,21)(H,19,20). The summed E-state index contributed by atoms with van der Waals surface area (Å²) in [6, 6.07) is 3.86. The van der Waals surface area contributed by atoms with Gasteiger partial charge < -0.3 is 15.3 Å². The third-order valence-electron chi connectivity index (χ3n) is 3.30. The van der Waals surface area contributed by atoms with Crippen molar-refractivity contribution in [1.82, 2.24) is 4.90 Å². The van der Waals surface area contributed by atoms with Gasteiger partial charge in [0.05, 0.1) is 5.69 Å². The van der Waals surface area contributed by atoms with Gasteiger partial charge in [-0.3, -0.25) is 0 Å². The molecule has 0 aromatic heterocycles. The highest BCUT2D eigenvalue weighted by molar-refractivity contribution is 5.90. The van der Waals surface area contributed by atoms with Gasteiger partial charge in [0.15, 0.2) is 0 Å². The van der Waals surface area contributed by atoms with Gasteiger partial charge in [0.2, 0.25) is 0 Å². The Kier molecular flexibility index (Phi) is 4.92. The Morgan fingerprint density at radius 1 is 1.24 bits per heavy atom. The predicted molar refractivity (Wildman–Crippen MR) is 77.5 cm³/mol. The van der Waals surface area contributed by atoms with Gasteiger partial charge in [-0.15, -0.1) is 0 Å². The molecule has 1 aliphatic heterocycles. The first kappa shape index (κ1) is 15.0. The molecule has 2 rings (SSSR count). The number of carboxylic acid groups (broad SMARTS) is 1. The number of benzene rings is 1. The summed E-state index contributed by atoms with van der Waals surface area (Å²) >= 11 is 0. The lowest BCUT2D eigenvalue weighted by Crippen LogP contribution is -2.38. The van der Waals surface area contributed by atoms with Crippen LogP contribution in [0, 0.1) is 5.82 Å². The third-order valence-corrected chi connectivity index (χ3v) is 3.30. The highest BCUT2D eigenvalue weighted by Crippen LogP contribution is 2.18. The summed E-state index contributed by atoms with van der Waals surface area (Å²) < 4.78 is 13.9. The van der Waals surface area contributed by atoms with Crippen molar-refractivity contribution in [1.29, 1.82) is 0 Å². The Morgan fingerprint density at radius 2 is 1.95 bits per heavy atom. The van der Waals surface area contributed by atoms with Gasteiger partial charge in [0, 0.05) is 19.2 Å². The maximum absolute atomic E-state index is 13.9. The van der Waals surface area contributed by atoms with Gasteiger partial charge in [0.1, 0.15) is 5.82 Å². The van der Waals surface area contributed by atoms with E-state index in [-0.39, 0.29) is 11.7 Å². The molecule has 1 saturated heterocycles. The molecule has 1 aromatic carbocycles. The van der Waals surface area contributed by atoms with Crippen LogP contribution in [0.3, 0.4) is 0 Å². The molecule has 1 aromatic rings. The van der Waals surface area contributed by atoms with Crippen molar-refractivity contribution < 1.29 is 19.1 Å². The van der Waals surface area contributed by atoms with Gasteiger partial charge in [0.25, 0.3) is 0 Å². The number of piperidine rings is 1. The monoisotopic (exact) mass is 292 g/mol. The number of carbonyl (C=O) groups is 2. The van der Waals surface area contributed by atoms with Crippen molar-refractivity contribution in [3.05, 3.63) is 35.7 Å². The first-order chi connectivity index (χ1) is 10.1. The largest absolute Gasteiger partial charge is 0.478 e. The molecule has 112 valence electrons. The number of carboxylic acids is 1. The van der Waals surface area contributed by atoms with Gasteiger partial charge >= 0.3 is 12.0 Å². The van der Waals surface area contributed by atoms with Gasteiger partial charge in [-0.2, -0.15) is 0 Å². The molecule has 2 N–H and O–H groups in total. The minimum absolute atomic E-state index is 0.0954. The first-order valence-corrected chi connectivity index (χ1v) is 6.83. The van der Waals surface area contributed by atoms with E-state index in [2.05, 4.69) is 5.32 Å². The van der Waals surface area contributed by atoms with E-state index in [1.54, 1.807) is 11.0 Å². The number of likely N-dealkylation sites (tertiary alicyclic amines) is 1. The average molecular weight is 292 g/mol. The number of urea groups is 1.